The molecule has 0 spiro atoms. The van der Waals surface area contributed by atoms with Gasteiger partial charge >= 0.3 is 0 Å². The topological polar surface area (TPSA) is 122 Å². The van der Waals surface area contributed by atoms with Crippen LogP contribution < -0.4 is 16.8 Å². The fraction of sp³-hybridized carbons (Fsp3) is 0.571. The van der Waals surface area contributed by atoms with Crippen LogP contribution in [0, 0.1) is 0 Å². The van der Waals surface area contributed by atoms with Gasteiger partial charge < -0.3 is 26.8 Å². The number of aliphatic hydroxyl groups excluding tert-OH is 1. The molecule has 0 fully saturated rings. The Labute approximate surface area is 125 Å². The zero-order valence-corrected chi connectivity index (χ0v) is 12.4. The standard InChI is InChI=1S/C14H26N4O3/c1-3-18(14(21)11(2)19)9-7-13(20)17-8-5-4-6-12(16)10-15/h3,12,19H,1-2,4-10,15-16H2,(H,17,20). The maximum Gasteiger partial charge on any atom is 0.291 e. The number of aliphatic hydroxyl groups is 1. The fourth-order valence-corrected chi connectivity index (χ4v) is 1.63. The van der Waals surface area contributed by atoms with E-state index in [-0.39, 0.29) is 24.9 Å². The second kappa shape index (κ2) is 10.9. The van der Waals surface area contributed by atoms with E-state index in [4.69, 9.17) is 16.6 Å². The number of unbranched alkanes of at least 4 members (excludes halogenated alkanes) is 1. The van der Waals surface area contributed by atoms with Crippen LogP contribution in [0.5, 0.6) is 0 Å². The number of nitrogens with two attached hydrogens (primary N) is 2. The molecule has 0 saturated heterocycles. The van der Waals surface area contributed by atoms with Crippen LogP contribution >= 0.6 is 0 Å². The molecule has 7 heteroatoms. The molecule has 2 amide bonds. The van der Waals surface area contributed by atoms with Crippen LogP contribution in [0.4, 0.5) is 0 Å². The monoisotopic (exact) mass is 298 g/mol. The predicted molar refractivity (Wildman–Crippen MR) is 82.2 cm³/mol. The van der Waals surface area contributed by atoms with Gasteiger partial charge in [0.05, 0.1) is 0 Å². The van der Waals surface area contributed by atoms with Crippen molar-refractivity contribution in [3.8, 4) is 0 Å². The molecule has 120 valence electrons. The lowest BCUT2D eigenvalue weighted by molar-refractivity contribution is -0.128. The average molecular weight is 298 g/mol. The number of carbonyl (C=O) groups is 2. The molecule has 0 aromatic heterocycles. The number of hydrogen-bond acceptors (Lipinski definition) is 5. The van der Waals surface area contributed by atoms with E-state index < -0.39 is 11.7 Å². The van der Waals surface area contributed by atoms with E-state index >= 15 is 0 Å². The van der Waals surface area contributed by atoms with E-state index in [0.29, 0.717) is 13.1 Å². The molecule has 6 N–H and O–H groups in total. The zero-order chi connectivity index (χ0) is 16.3. The highest BCUT2D eigenvalue weighted by molar-refractivity contribution is 5.91. The first kappa shape index (κ1) is 19.1. The van der Waals surface area contributed by atoms with Gasteiger partial charge in [-0.3, -0.25) is 9.59 Å². The first-order valence-electron chi connectivity index (χ1n) is 6.96. The number of rotatable bonds is 11. The summed E-state index contributed by atoms with van der Waals surface area (Å²) < 4.78 is 0. The molecule has 0 rings (SSSR count). The highest BCUT2D eigenvalue weighted by atomic mass is 16.3. The van der Waals surface area contributed by atoms with Gasteiger partial charge in [0, 0.05) is 38.3 Å². The van der Waals surface area contributed by atoms with Crippen LogP contribution in [0.15, 0.2) is 25.1 Å². The van der Waals surface area contributed by atoms with E-state index in [0.717, 1.165) is 24.2 Å². The van der Waals surface area contributed by atoms with Crippen LogP contribution in [-0.2, 0) is 9.59 Å². The van der Waals surface area contributed by atoms with Crippen molar-refractivity contribution in [3.05, 3.63) is 25.1 Å². The highest BCUT2D eigenvalue weighted by Gasteiger charge is 2.14. The van der Waals surface area contributed by atoms with Crippen molar-refractivity contribution in [1.82, 2.24) is 10.2 Å². The molecular weight excluding hydrogens is 272 g/mol. The summed E-state index contributed by atoms with van der Waals surface area (Å²) in [5.74, 6) is -1.40. The van der Waals surface area contributed by atoms with Gasteiger partial charge in [-0.2, -0.15) is 0 Å². The maximum atomic E-state index is 11.6. The largest absolute Gasteiger partial charge is 0.503 e. The summed E-state index contributed by atoms with van der Waals surface area (Å²) in [4.78, 5) is 24.2. The van der Waals surface area contributed by atoms with Crippen molar-refractivity contribution < 1.29 is 14.7 Å². The molecule has 1 atom stereocenters. The van der Waals surface area contributed by atoms with Gasteiger partial charge in [-0.1, -0.05) is 19.6 Å². The molecule has 21 heavy (non-hydrogen) atoms. The summed E-state index contributed by atoms with van der Waals surface area (Å²) in [7, 11) is 0. The average Bonchev–Trinajstić information content (AvgIpc) is 2.46. The van der Waals surface area contributed by atoms with Gasteiger partial charge in [0.15, 0.2) is 5.76 Å². The minimum Gasteiger partial charge on any atom is -0.503 e. The van der Waals surface area contributed by atoms with Crippen LogP contribution in [0.2, 0.25) is 0 Å². The normalized spacial score (nSPS) is 11.5. The summed E-state index contributed by atoms with van der Waals surface area (Å²) in [5, 5.41) is 11.8. The number of hydrogen-bond donors (Lipinski definition) is 4. The Morgan fingerprint density at radius 2 is 2.05 bits per heavy atom. The molecule has 7 nitrogen and oxygen atoms in total. The lowest BCUT2D eigenvalue weighted by Gasteiger charge is -2.16. The van der Waals surface area contributed by atoms with Gasteiger partial charge in [0.1, 0.15) is 0 Å². The Bertz CT molecular complexity index is 371. The van der Waals surface area contributed by atoms with E-state index in [9.17, 15) is 9.59 Å². The Morgan fingerprint density at radius 1 is 1.38 bits per heavy atom. The molecule has 0 bridgehead atoms. The first-order chi connectivity index (χ1) is 9.92. The van der Waals surface area contributed by atoms with Gasteiger partial charge in [-0.25, -0.2) is 0 Å². The quantitative estimate of drug-likeness (QED) is 0.243. The van der Waals surface area contributed by atoms with Crippen molar-refractivity contribution in [3.63, 3.8) is 0 Å². The minimum atomic E-state index is -0.659. The van der Waals surface area contributed by atoms with Crippen molar-refractivity contribution in [2.24, 2.45) is 11.5 Å². The minimum absolute atomic E-state index is 0.0134. The van der Waals surface area contributed by atoms with E-state index in [2.05, 4.69) is 18.5 Å². The summed E-state index contributed by atoms with van der Waals surface area (Å²) >= 11 is 0. The molecule has 0 aromatic rings. The summed E-state index contributed by atoms with van der Waals surface area (Å²) in [5.41, 5.74) is 11.1. The Hall–Kier alpha value is -1.86. The number of amides is 2. The molecule has 0 aliphatic carbocycles. The second-order valence-corrected chi connectivity index (χ2v) is 4.72. The Balaban J connectivity index is 3.82. The third-order valence-electron chi connectivity index (χ3n) is 2.93. The Kier molecular flexibility index (Phi) is 9.91. The number of nitrogens with one attached hydrogen (secondary N) is 1. The van der Waals surface area contributed by atoms with E-state index in [1.165, 1.54) is 6.20 Å². The van der Waals surface area contributed by atoms with E-state index in [1.54, 1.807) is 0 Å². The molecule has 0 radical (unpaired) electrons. The van der Waals surface area contributed by atoms with Crippen LogP contribution in [0.25, 0.3) is 0 Å². The van der Waals surface area contributed by atoms with Crippen molar-refractivity contribution in [1.29, 1.82) is 0 Å². The van der Waals surface area contributed by atoms with Crippen LogP contribution in [0.1, 0.15) is 25.7 Å². The second-order valence-electron chi connectivity index (χ2n) is 4.72. The number of nitrogens with zero attached hydrogens (tertiary/aromatic N) is 1. The SMILES string of the molecule is C=CN(CCC(=O)NCCCCC(N)CN)C(=O)C(=C)O. The van der Waals surface area contributed by atoms with E-state index in [1.807, 2.05) is 0 Å². The maximum absolute atomic E-state index is 11.6. The predicted octanol–water partition coefficient (Wildman–Crippen LogP) is -0.00720. The molecule has 1 unspecified atom stereocenters. The summed E-state index contributed by atoms with van der Waals surface area (Å²) in [6, 6.07) is 0.0134. The van der Waals surface area contributed by atoms with Crippen molar-refractivity contribution in [2.75, 3.05) is 19.6 Å². The number of carbonyl (C=O) groups excluding carboxylic acids is 2. The third kappa shape index (κ3) is 8.83. The molecule has 0 aromatic carbocycles. The van der Waals surface area contributed by atoms with Gasteiger partial charge in [0.2, 0.25) is 5.91 Å². The molecule has 0 heterocycles. The van der Waals surface area contributed by atoms with Crippen LogP contribution in [0.3, 0.4) is 0 Å². The van der Waals surface area contributed by atoms with Gasteiger partial charge in [-0.05, 0) is 12.8 Å². The summed E-state index contributed by atoms with van der Waals surface area (Å²) in [6.07, 6.45) is 3.96. The molecular formula is C14H26N4O3. The fourth-order valence-electron chi connectivity index (χ4n) is 1.63. The van der Waals surface area contributed by atoms with Crippen LogP contribution in [-0.4, -0.2) is 47.5 Å². The molecule has 0 aliphatic rings. The zero-order valence-electron chi connectivity index (χ0n) is 12.4. The summed E-state index contributed by atoms with van der Waals surface area (Å²) in [6.45, 7) is 7.76. The first-order valence-corrected chi connectivity index (χ1v) is 6.96. The third-order valence-corrected chi connectivity index (χ3v) is 2.93. The molecule has 0 aliphatic heterocycles. The Morgan fingerprint density at radius 3 is 2.57 bits per heavy atom. The molecule has 0 saturated carbocycles. The van der Waals surface area contributed by atoms with Crippen molar-refractivity contribution in [2.45, 2.75) is 31.7 Å². The lowest BCUT2D eigenvalue weighted by atomic mass is 10.1. The van der Waals surface area contributed by atoms with Crippen molar-refractivity contribution >= 4 is 11.8 Å². The smallest absolute Gasteiger partial charge is 0.291 e. The highest BCUT2D eigenvalue weighted by Crippen LogP contribution is 2.00. The lowest BCUT2D eigenvalue weighted by Crippen LogP contribution is -2.33. The van der Waals surface area contributed by atoms with Gasteiger partial charge in [-0.15, -0.1) is 0 Å². The van der Waals surface area contributed by atoms with Gasteiger partial charge in [0.25, 0.3) is 5.91 Å².